The molecule has 2 fully saturated rings. The Bertz CT molecular complexity index is 124. The number of rotatable bonds is 0. The molecule has 0 aromatic rings. The molecule has 2 aliphatic rings. The molecule has 0 aromatic heterocycles. The largest absolute Gasteiger partial charge is 0.393 e. The van der Waals surface area contributed by atoms with Gasteiger partial charge < -0.3 is 5.11 Å². The lowest BCUT2D eigenvalue weighted by Gasteiger charge is -2.22. The normalized spacial score (nSPS) is 49.5. The lowest BCUT2D eigenvalue weighted by atomic mass is 9.94. The molecule has 4 atom stereocenters. The van der Waals surface area contributed by atoms with Crippen molar-refractivity contribution < 1.29 is 5.11 Å². The second-order valence-electron chi connectivity index (χ2n) is 3.67. The van der Waals surface area contributed by atoms with Crippen LogP contribution in [0.2, 0.25) is 0 Å². The van der Waals surface area contributed by atoms with Gasteiger partial charge in [0.15, 0.2) is 0 Å². The van der Waals surface area contributed by atoms with Crippen LogP contribution in [-0.4, -0.2) is 23.5 Å². The van der Waals surface area contributed by atoms with Gasteiger partial charge in [-0.1, -0.05) is 0 Å². The SMILES string of the molecule is OC1CCC2CC[PH2+]CC12. The Kier molecular flexibility index (Phi) is 1.97. The maximum absolute atomic E-state index is 9.54. The van der Waals surface area contributed by atoms with Gasteiger partial charge in [0, 0.05) is 5.92 Å². The molecule has 4 unspecified atom stereocenters. The second kappa shape index (κ2) is 2.79. The summed E-state index contributed by atoms with van der Waals surface area (Å²) < 4.78 is 0. The van der Waals surface area contributed by atoms with Crippen LogP contribution in [0.5, 0.6) is 0 Å². The third kappa shape index (κ3) is 1.10. The minimum Gasteiger partial charge on any atom is -0.393 e. The molecule has 0 bridgehead atoms. The average molecular weight is 159 g/mol. The molecule has 1 aliphatic carbocycles. The van der Waals surface area contributed by atoms with E-state index in [1.165, 1.54) is 25.2 Å². The van der Waals surface area contributed by atoms with Crippen LogP contribution in [-0.2, 0) is 0 Å². The van der Waals surface area contributed by atoms with Crippen LogP contribution in [0.3, 0.4) is 0 Å². The van der Waals surface area contributed by atoms with E-state index < -0.39 is 0 Å². The van der Waals surface area contributed by atoms with Crippen molar-refractivity contribution in [3.8, 4) is 0 Å². The molecule has 0 amide bonds. The summed E-state index contributed by atoms with van der Waals surface area (Å²) in [5, 5.41) is 9.54. The highest BCUT2D eigenvalue weighted by Crippen LogP contribution is 2.42. The van der Waals surface area contributed by atoms with Gasteiger partial charge in [-0.2, -0.15) is 0 Å². The molecule has 1 N–H and O–H groups in total. The summed E-state index contributed by atoms with van der Waals surface area (Å²) in [5.74, 6) is 1.64. The summed E-state index contributed by atoms with van der Waals surface area (Å²) in [4.78, 5) is 0. The summed E-state index contributed by atoms with van der Waals surface area (Å²) in [7, 11) is 0.704. The lowest BCUT2D eigenvalue weighted by molar-refractivity contribution is 0.127. The molecule has 0 radical (unpaired) electrons. The summed E-state index contributed by atoms with van der Waals surface area (Å²) in [6, 6.07) is 0. The molecule has 1 saturated heterocycles. The van der Waals surface area contributed by atoms with Gasteiger partial charge in [-0.05, 0) is 33.8 Å². The molecule has 1 heterocycles. The van der Waals surface area contributed by atoms with E-state index >= 15 is 0 Å². The van der Waals surface area contributed by atoms with E-state index in [2.05, 4.69) is 0 Å². The first-order valence-corrected chi connectivity index (χ1v) is 6.01. The van der Waals surface area contributed by atoms with Crippen LogP contribution in [0.4, 0.5) is 0 Å². The Morgan fingerprint density at radius 2 is 2.10 bits per heavy atom. The molecule has 1 nitrogen and oxygen atoms in total. The highest BCUT2D eigenvalue weighted by molar-refractivity contribution is 7.38. The van der Waals surface area contributed by atoms with E-state index in [0.717, 1.165) is 18.3 Å². The third-order valence-electron chi connectivity index (χ3n) is 3.11. The smallest absolute Gasteiger partial charge is 0.0605 e. The predicted octanol–water partition coefficient (Wildman–Crippen LogP) is 1.19. The Morgan fingerprint density at radius 3 is 2.90 bits per heavy atom. The van der Waals surface area contributed by atoms with Crippen LogP contribution >= 0.6 is 8.58 Å². The fraction of sp³-hybridized carbons (Fsp3) is 1.00. The maximum Gasteiger partial charge on any atom is 0.0605 e. The van der Waals surface area contributed by atoms with E-state index in [-0.39, 0.29) is 6.10 Å². The first-order valence-electron chi connectivity index (χ1n) is 4.37. The minimum absolute atomic E-state index is 0.0813. The first-order chi connectivity index (χ1) is 4.88. The van der Waals surface area contributed by atoms with Crippen molar-refractivity contribution in [2.24, 2.45) is 11.8 Å². The molecular weight excluding hydrogens is 143 g/mol. The van der Waals surface area contributed by atoms with Crippen LogP contribution in [0, 0.1) is 11.8 Å². The van der Waals surface area contributed by atoms with Crippen LogP contribution < -0.4 is 0 Å². The zero-order valence-electron chi connectivity index (χ0n) is 6.29. The van der Waals surface area contributed by atoms with Gasteiger partial charge in [0.05, 0.1) is 18.4 Å². The van der Waals surface area contributed by atoms with E-state index in [0.29, 0.717) is 8.58 Å². The average Bonchev–Trinajstić information content (AvgIpc) is 2.34. The Morgan fingerprint density at radius 1 is 1.20 bits per heavy atom. The number of fused-ring (bicyclic) bond motifs is 1. The fourth-order valence-corrected chi connectivity index (χ4v) is 4.46. The van der Waals surface area contributed by atoms with Crippen molar-refractivity contribution in [2.45, 2.75) is 25.4 Å². The highest BCUT2D eigenvalue weighted by atomic mass is 31.1. The second-order valence-corrected chi connectivity index (χ2v) is 5.30. The molecule has 2 rings (SSSR count). The predicted molar refractivity (Wildman–Crippen MR) is 46.3 cm³/mol. The van der Waals surface area contributed by atoms with Crippen molar-refractivity contribution in [3.05, 3.63) is 0 Å². The minimum atomic E-state index is 0.0813. The highest BCUT2D eigenvalue weighted by Gasteiger charge is 2.38. The quantitative estimate of drug-likeness (QED) is 0.526. The van der Waals surface area contributed by atoms with E-state index in [1.54, 1.807) is 0 Å². The molecule has 58 valence electrons. The van der Waals surface area contributed by atoms with E-state index in [9.17, 15) is 5.11 Å². The van der Waals surface area contributed by atoms with Crippen LogP contribution in [0.25, 0.3) is 0 Å². The Hall–Kier alpha value is 0.390. The van der Waals surface area contributed by atoms with Crippen molar-refractivity contribution in [2.75, 3.05) is 12.3 Å². The molecule has 0 spiro atoms. The summed E-state index contributed by atoms with van der Waals surface area (Å²) in [6.45, 7) is 0. The molecular formula is C8H16OP+. The van der Waals surface area contributed by atoms with Gasteiger partial charge in [-0.25, -0.2) is 0 Å². The van der Waals surface area contributed by atoms with Gasteiger partial charge in [0.25, 0.3) is 0 Å². The van der Waals surface area contributed by atoms with Gasteiger partial charge in [0.1, 0.15) is 0 Å². The topological polar surface area (TPSA) is 20.2 Å². The molecule has 1 aliphatic heterocycles. The first kappa shape index (κ1) is 7.06. The molecule has 1 saturated carbocycles. The molecule has 2 heteroatoms. The summed E-state index contributed by atoms with van der Waals surface area (Å²) >= 11 is 0. The summed E-state index contributed by atoms with van der Waals surface area (Å²) in [5.41, 5.74) is 0. The van der Waals surface area contributed by atoms with Crippen molar-refractivity contribution in [1.82, 2.24) is 0 Å². The van der Waals surface area contributed by atoms with Gasteiger partial charge in [-0.15, -0.1) is 0 Å². The number of aliphatic hydroxyl groups is 1. The van der Waals surface area contributed by atoms with Crippen molar-refractivity contribution in [1.29, 1.82) is 0 Å². The van der Waals surface area contributed by atoms with Crippen LogP contribution in [0.15, 0.2) is 0 Å². The lowest BCUT2D eigenvalue weighted by Crippen LogP contribution is -2.24. The zero-order chi connectivity index (χ0) is 6.97. The van der Waals surface area contributed by atoms with E-state index in [4.69, 9.17) is 0 Å². The monoisotopic (exact) mass is 159 g/mol. The fourth-order valence-electron chi connectivity index (χ4n) is 2.48. The van der Waals surface area contributed by atoms with E-state index in [1.807, 2.05) is 0 Å². The Balaban J connectivity index is 2.01. The molecule has 0 aromatic carbocycles. The maximum atomic E-state index is 9.54. The number of aliphatic hydroxyl groups excluding tert-OH is 1. The van der Waals surface area contributed by atoms with Crippen molar-refractivity contribution >= 4 is 8.58 Å². The van der Waals surface area contributed by atoms with Gasteiger partial charge in [0.2, 0.25) is 0 Å². The number of hydrogen-bond donors (Lipinski definition) is 1. The standard InChI is InChI=1S/C8H15OP/c9-8-2-1-6-3-4-10-5-7(6)8/h6-10H,1-5H2/p+1. The Labute approximate surface area is 64.0 Å². The molecule has 10 heavy (non-hydrogen) atoms. The zero-order valence-corrected chi connectivity index (χ0v) is 7.45. The van der Waals surface area contributed by atoms with Gasteiger partial charge >= 0.3 is 0 Å². The van der Waals surface area contributed by atoms with Crippen LogP contribution in [0.1, 0.15) is 19.3 Å². The number of hydrogen-bond acceptors (Lipinski definition) is 1. The van der Waals surface area contributed by atoms with Crippen molar-refractivity contribution in [3.63, 3.8) is 0 Å². The van der Waals surface area contributed by atoms with Gasteiger partial charge in [-0.3, -0.25) is 0 Å². The summed E-state index contributed by atoms with van der Waals surface area (Å²) in [6.07, 6.45) is 6.79. The third-order valence-corrected chi connectivity index (χ3v) is 4.73.